The van der Waals surface area contributed by atoms with Crippen molar-refractivity contribution in [1.29, 1.82) is 0 Å². The predicted octanol–water partition coefficient (Wildman–Crippen LogP) is 0.543. The van der Waals surface area contributed by atoms with Crippen molar-refractivity contribution in [2.75, 3.05) is 32.7 Å². The Morgan fingerprint density at radius 1 is 1.22 bits per heavy atom. The zero-order chi connectivity index (χ0) is 16.7. The van der Waals surface area contributed by atoms with Gasteiger partial charge in [0.05, 0.1) is 12.2 Å². The van der Waals surface area contributed by atoms with Crippen molar-refractivity contribution < 1.29 is 9.59 Å². The fourth-order valence-corrected chi connectivity index (χ4v) is 2.82. The van der Waals surface area contributed by atoms with Crippen molar-refractivity contribution in [3.05, 3.63) is 17.5 Å². The molecule has 23 heavy (non-hydrogen) atoms. The molecular weight excluding hydrogens is 294 g/mol. The van der Waals surface area contributed by atoms with Crippen LogP contribution in [0.15, 0.2) is 6.07 Å². The third-order valence-electron chi connectivity index (χ3n) is 4.04. The average molecular weight is 321 g/mol. The minimum Gasteiger partial charge on any atom is -0.353 e. The monoisotopic (exact) mass is 321 g/mol. The Labute approximate surface area is 137 Å². The van der Waals surface area contributed by atoms with Gasteiger partial charge in [0.15, 0.2) is 0 Å². The Balaban J connectivity index is 1.68. The highest BCUT2D eigenvalue weighted by atomic mass is 16.2. The molecule has 0 bridgehead atoms. The molecule has 7 heteroatoms. The molecule has 0 unspecified atom stereocenters. The lowest BCUT2D eigenvalue weighted by molar-refractivity contribution is -0.120. The Morgan fingerprint density at radius 3 is 2.65 bits per heavy atom. The molecular formula is C16H27N5O2. The molecule has 0 spiro atoms. The molecule has 0 aliphatic carbocycles. The van der Waals surface area contributed by atoms with Crippen molar-refractivity contribution in [2.45, 2.75) is 39.7 Å². The number of amides is 2. The van der Waals surface area contributed by atoms with Crippen molar-refractivity contribution >= 4 is 11.8 Å². The van der Waals surface area contributed by atoms with Gasteiger partial charge < -0.3 is 15.5 Å². The van der Waals surface area contributed by atoms with Crippen LogP contribution in [0.1, 0.15) is 42.4 Å². The van der Waals surface area contributed by atoms with Crippen LogP contribution in [0.4, 0.5) is 0 Å². The topological polar surface area (TPSA) is 79.3 Å². The number of nitrogens with one attached hydrogen (secondary N) is 2. The van der Waals surface area contributed by atoms with Gasteiger partial charge in [0.2, 0.25) is 5.91 Å². The lowest BCUT2D eigenvalue weighted by Gasteiger charge is -2.26. The summed E-state index contributed by atoms with van der Waals surface area (Å²) >= 11 is 0. The maximum absolute atomic E-state index is 12.1. The number of hydrogen-bond donors (Lipinski definition) is 2. The summed E-state index contributed by atoms with van der Waals surface area (Å²) < 4.78 is 1.64. The number of carbonyl (C=O) groups excluding carboxylic acids is 2. The van der Waals surface area contributed by atoms with Gasteiger partial charge in [0.1, 0.15) is 5.69 Å². The van der Waals surface area contributed by atoms with Gasteiger partial charge in [0, 0.05) is 19.6 Å². The summed E-state index contributed by atoms with van der Waals surface area (Å²) in [5.41, 5.74) is 1.29. The van der Waals surface area contributed by atoms with Gasteiger partial charge in [-0.25, -0.2) is 0 Å². The minimum absolute atomic E-state index is 0.00717. The van der Waals surface area contributed by atoms with E-state index < -0.39 is 0 Å². The number of rotatable bonds is 7. The molecule has 1 aromatic rings. The molecule has 128 valence electrons. The molecule has 0 aromatic carbocycles. The number of aromatic nitrogens is 2. The van der Waals surface area contributed by atoms with Crippen LogP contribution in [0.3, 0.4) is 0 Å². The summed E-state index contributed by atoms with van der Waals surface area (Å²) in [7, 11) is 0. The highest BCUT2D eigenvalue weighted by molar-refractivity contribution is 5.95. The number of nitrogens with zero attached hydrogens (tertiary/aromatic N) is 3. The quantitative estimate of drug-likeness (QED) is 0.768. The van der Waals surface area contributed by atoms with Crippen LogP contribution in [0.25, 0.3) is 0 Å². The van der Waals surface area contributed by atoms with E-state index in [0.29, 0.717) is 18.8 Å². The fourth-order valence-electron chi connectivity index (χ4n) is 2.82. The SMILES string of the molecule is CCn1nc(C)cc1C(=O)NCC(=O)NCCN1CCCCC1. The lowest BCUT2D eigenvalue weighted by atomic mass is 10.1. The van der Waals surface area contributed by atoms with Crippen molar-refractivity contribution in [3.63, 3.8) is 0 Å². The van der Waals surface area contributed by atoms with Gasteiger partial charge in [-0.05, 0) is 45.8 Å². The second-order valence-electron chi connectivity index (χ2n) is 5.92. The summed E-state index contributed by atoms with van der Waals surface area (Å²) in [6.07, 6.45) is 3.80. The number of hydrogen-bond acceptors (Lipinski definition) is 4. The van der Waals surface area contributed by atoms with E-state index >= 15 is 0 Å². The first-order valence-electron chi connectivity index (χ1n) is 8.42. The largest absolute Gasteiger partial charge is 0.353 e. The fraction of sp³-hybridized carbons (Fsp3) is 0.688. The molecule has 2 rings (SSSR count). The number of likely N-dealkylation sites (tertiary alicyclic amines) is 1. The highest BCUT2D eigenvalue weighted by Gasteiger charge is 2.14. The molecule has 2 heterocycles. The van der Waals surface area contributed by atoms with Gasteiger partial charge in [-0.15, -0.1) is 0 Å². The molecule has 0 atom stereocenters. The van der Waals surface area contributed by atoms with Crippen LogP contribution in [-0.4, -0.2) is 59.2 Å². The minimum atomic E-state index is -0.265. The summed E-state index contributed by atoms with van der Waals surface area (Å²) in [5.74, 6) is -0.423. The molecule has 1 saturated heterocycles. The third kappa shape index (κ3) is 5.35. The molecule has 1 fully saturated rings. The van der Waals surface area contributed by atoms with Gasteiger partial charge in [-0.3, -0.25) is 14.3 Å². The molecule has 1 aromatic heterocycles. The molecule has 7 nitrogen and oxygen atoms in total. The number of piperidine rings is 1. The summed E-state index contributed by atoms with van der Waals surface area (Å²) in [6, 6.07) is 1.73. The van der Waals surface area contributed by atoms with E-state index in [-0.39, 0.29) is 18.4 Å². The third-order valence-corrected chi connectivity index (χ3v) is 4.04. The first-order valence-corrected chi connectivity index (χ1v) is 8.42. The smallest absolute Gasteiger partial charge is 0.269 e. The van der Waals surface area contributed by atoms with Crippen LogP contribution >= 0.6 is 0 Å². The zero-order valence-electron chi connectivity index (χ0n) is 14.1. The standard InChI is InChI=1S/C16H27N5O2/c1-3-21-14(11-13(2)19-21)16(23)18-12-15(22)17-7-10-20-8-5-4-6-9-20/h11H,3-10,12H2,1-2H3,(H,17,22)(H,18,23). The van der Waals surface area contributed by atoms with Gasteiger partial charge in [-0.2, -0.15) is 5.10 Å². The van der Waals surface area contributed by atoms with Gasteiger partial charge in [0.25, 0.3) is 5.91 Å². The molecule has 0 radical (unpaired) electrons. The van der Waals surface area contributed by atoms with Crippen molar-refractivity contribution in [1.82, 2.24) is 25.3 Å². The van der Waals surface area contributed by atoms with Crippen LogP contribution in [0, 0.1) is 6.92 Å². The maximum Gasteiger partial charge on any atom is 0.269 e. The Morgan fingerprint density at radius 2 is 1.96 bits per heavy atom. The van der Waals surface area contributed by atoms with E-state index in [9.17, 15) is 9.59 Å². The molecule has 0 saturated carbocycles. The van der Waals surface area contributed by atoms with Gasteiger partial charge in [-0.1, -0.05) is 6.42 Å². The average Bonchev–Trinajstić information content (AvgIpc) is 2.94. The Kier molecular flexibility index (Phi) is 6.58. The van der Waals surface area contributed by atoms with E-state index in [1.54, 1.807) is 10.7 Å². The second-order valence-corrected chi connectivity index (χ2v) is 5.92. The van der Waals surface area contributed by atoms with Crippen LogP contribution in [-0.2, 0) is 11.3 Å². The predicted molar refractivity (Wildman–Crippen MR) is 88.3 cm³/mol. The van der Waals surface area contributed by atoms with Crippen molar-refractivity contribution in [2.24, 2.45) is 0 Å². The second kappa shape index (κ2) is 8.67. The summed E-state index contributed by atoms with van der Waals surface area (Å²) in [5, 5.41) is 9.73. The van der Waals surface area contributed by atoms with Gasteiger partial charge >= 0.3 is 0 Å². The molecule has 2 amide bonds. The van der Waals surface area contributed by atoms with Crippen LogP contribution in [0.2, 0.25) is 0 Å². The van der Waals surface area contributed by atoms with Crippen molar-refractivity contribution in [3.8, 4) is 0 Å². The van der Waals surface area contributed by atoms with E-state index in [0.717, 1.165) is 25.3 Å². The van der Waals surface area contributed by atoms with E-state index in [1.807, 2.05) is 13.8 Å². The van der Waals surface area contributed by atoms with Crippen LogP contribution in [0.5, 0.6) is 0 Å². The normalized spacial score (nSPS) is 15.4. The number of aryl methyl sites for hydroxylation is 2. The zero-order valence-corrected chi connectivity index (χ0v) is 14.1. The van der Waals surface area contributed by atoms with Crippen LogP contribution < -0.4 is 10.6 Å². The lowest BCUT2D eigenvalue weighted by Crippen LogP contribution is -2.41. The summed E-state index contributed by atoms with van der Waals surface area (Å²) in [4.78, 5) is 26.3. The molecule has 1 aliphatic heterocycles. The summed E-state index contributed by atoms with van der Waals surface area (Å²) in [6.45, 7) is 8.13. The molecule has 1 aliphatic rings. The van der Waals surface area contributed by atoms with E-state index in [2.05, 4.69) is 20.6 Å². The van der Waals surface area contributed by atoms with E-state index in [1.165, 1.54) is 19.3 Å². The highest BCUT2D eigenvalue weighted by Crippen LogP contribution is 2.07. The maximum atomic E-state index is 12.1. The Bertz CT molecular complexity index is 535. The Hall–Kier alpha value is -1.89. The first kappa shape index (κ1) is 17.5. The van der Waals surface area contributed by atoms with E-state index in [4.69, 9.17) is 0 Å². The molecule has 2 N–H and O–H groups in total. The first-order chi connectivity index (χ1) is 11.1. The number of carbonyl (C=O) groups is 2.